The Labute approximate surface area is 103 Å². The first-order chi connectivity index (χ1) is 7.74. The lowest BCUT2D eigenvalue weighted by Gasteiger charge is -2.14. The van der Waals surface area contributed by atoms with Gasteiger partial charge in [0.2, 0.25) is 0 Å². The van der Waals surface area contributed by atoms with E-state index in [4.69, 9.17) is 0 Å². The Morgan fingerprint density at radius 1 is 1.38 bits per heavy atom. The Hall–Kier alpha value is -0.470. The summed E-state index contributed by atoms with van der Waals surface area (Å²) in [7, 11) is 0. The van der Waals surface area contributed by atoms with Gasteiger partial charge in [0.05, 0.1) is 0 Å². The van der Waals surface area contributed by atoms with Crippen molar-refractivity contribution >= 4 is 11.8 Å². The molecule has 0 amide bonds. The van der Waals surface area contributed by atoms with E-state index in [0.717, 1.165) is 12.0 Å². The smallest absolute Gasteiger partial charge is 0.0294 e. The Morgan fingerprint density at radius 3 is 2.56 bits per heavy atom. The number of nitrogens with one attached hydrogen (secondary N) is 1. The lowest BCUT2D eigenvalue weighted by Crippen LogP contribution is -2.22. The van der Waals surface area contributed by atoms with Crippen LogP contribution in [0.4, 0.5) is 0 Å². The second-order valence-electron chi connectivity index (χ2n) is 4.67. The molecule has 1 aliphatic rings. The van der Waals surface area contributed by atoms with Gasteiger partial charge in [-0.3, -0.25) is 0 Å². The third-order valence-corrected chi connectivity index (χ3v) is 4.27. The molecule has 0 saturated heterocycles. The highest BCUT2D eigenvalue weighted by atomic mass is 32.2. The van der Waals surface area contributed by atoms with Gasteiger partial charge in [-0.1, -0.05) is 25.5 Å². The van der Waals surface area contributed by atoms with Gasteiger partial charge in [0, 0.05) is 17.0 Å². The van der Waals surface area contributed by atoms with E-state index in [1.54, 1.807) is 11.8 Å². The molecular formula is C14H21NS. The summed E-state index contributed by atoms with van der Waals surface area (Å²) in [4.78, 5) is 1.34. The molecule has 2 heteroatoms. The summed E-state index contributed by atoms with van der Waals surface area (Å²) in [6.45, 7) is 4.55. The number of thioether (sulfide) groups is 1. The third kappa shape index (κ3) is 2.80. The van der Waals surface area contributed by atoms with Gasteiger partial charge >= 0.3 is 0 Å². The van der Waals surface area contributed by atoms with E-state index in [2.05, 4.69) is 49.7 Å². The van der Waals surface area contributed by atoms with E-state index in [-0.39, 0.29) is 0 Å². The minimum atomic E-state index is 0.484. The molecule has 1 aliphatic carbocycles. The van der Waals surface area contributed by atoms with E-state index >= 15 is 0 Å². The van der Waals surface area contributed by atoms with Crippen LogP contribution in [0.2, 0.25) is 0 Å². The molecule has 2 rings (SSSR count). The molecule has 0 aliphatic heterocycles. The number of hydrogen-bond donors (Lipinski definition) is 1. The molecule has 1 saturated carbocycles. The minimum absolute atomic E-state index is 0.484. The number of rotatable bonds is 5. The van der Waals surface area contributed by atoms with Crippen LogP contribution in [0, 0.1) is 5.92 Å². The summed E-state index contributed by atoms with van der Waals surface area (Å²) in [6, 6.07) is 10.2. The van der Waals surface area contributed by atoms with Gasteiger partial charge in [0.1, 0.15) is 0 Å². The van der Waals surface area contributed by atoms with E-state index in [9.17, 15) is 0 Å². The highest BCUT2D eigenvalue weighted by Crippen LogP contribution is 2.35. The van der Waals surface area contributed by atoms with Crippen molar-refractivity contribution < 1.29 is 0 Å². The van der Waals surface area contributed by atoms with Gasteiger partial charge in [-0.05, 0) is 43.2 Å². The van der Waals surface area contributed by atoms with Crippen molar-refractivity contribution in [2.75, 3.05) is 6.26 Å². The normalized spacial score (nSPS) is 25.4. The van der Waals surface area contributed by atoms with Gasteiger partial charge in [0.15, 0.2) is 0 Å². The maximum atomic E-state index is 3.70. The van der Waals surface area contributed by atoms with Crippen molar-refractivity contribution in [3.8, 4) is 0 Å². The lowest BCUT2D eigenvalue weighted by molar-refractivity contribution is 0.539. The number of hydrogen-bond acceptors (Lipinski definition) is 2. The maximum Gasteiger partial charge on any atom is 0.0294 e. The van der Waals surface area contributed by atoms with Crippen LogP contribution >= 0.6 is 11.8 Å². The first kappa shape index (κ1) is 12.0. The molecule has 0 heterocycles. The van der Waals surface area contributed by atoms with E-state index in [0.29, 0.717) is 6.04 Å². The highest BCUT2D eigenvalue weighted by Gasteiger charge is 2.35. The highest BCUT2D eigenvalue weighted by molar-refractivity contribution is 7.98. The minimum Gasteiger partial charge on any atom is -0.307 e. The molecule has 0 spiro atoms. The van der Waals surface area contributed by atoms with Crippen LogP contribution < -0.4 is 5.32 Å². The SMILES string of the molecule is CCC1CC1NC(C)c1ccc(SC)cc1. The Morgan fingerprint density at radius 2 is 2.06 bits per heavy atom. The van der Waals surface area contributed by atoms with Gasteiger partial charge in [-0.2, -0.15) is 0 Å². The van der Waals surface area contributed by atoms with Crippen molar-refractivity contribution in [2.45, 2.75) is 43.7 Å². The molecule has 0 bridgehead atoms. The van der Waals surface area contributed by atoms with Gasteiger partial charge in [-0.25, -0.2) is 0 Å². The zero-order valence-corrected chi connectivity index (χ0v) is 11.2. The van der Waals surface area contributed by atoms with Crippen molar-refractivity contribution in [3.05, 3.63) is 29.8 Å². The first-order valence-electron chi connectivity index (χ1n) is 6.14. The fourth-order valence-electron chi connectivity index (χ4n) is 2.21. The average molecular weight is 235 g/mol. The Balaban J connectivity index is 1.90. The predicted octanol–water partition coefficient (Wildman–Crippen LogP) is 3.86. The Kier molecular flexibility index (Phi) is 3.93. The van der Waals surface area contributed by atoms with Crippen LogP contribution in [0.3, 0.4) is 0 Å². The molecule has 88 valence electrons. The van der Waals surface area contributed by atoms with Crippen LogP contribution in [0.5, 0.6) is 0 Å². The molecule has 1 N–H and O–H groups in total. The largest absolute Gasteiger partial charge is 0.307 e. The van der Waals surface area contributed by atoms with Crippen LogP contribution in [0.25, 0.3) is 0 Å². The second-order valence-corrected chi connectivity index (χ2v) is 5.55. The average Bonchev–Trinajstić information content (AvgIpc) is 3.07. The van der Waals surface area contributed by atoms with Crippen LogP contribution in [-0.2, 0) is 0 Å². The van der Waals surface area contributed by atoms with Gasteiger partial charge in [0.25, 0.3) is 0 Å². The molecular weight excluding hydrogens is 214 g/mol. The summed E-state index contributed by atoms with van der Waals surface area (Å²) < 4.78 is 0. The lowest BCUT2D eigenvalue weighted by atomic mass is 10.1. The molecule has 0 radical (unpaired) electrons. The van der Waals surface area contributed by atoms with Crippen LogP contribution in [0.1, 0.15) is 38.3 Å². The van der Waals surface area contributed by atoms with Crippen LogP contribution in [0.15, 0.2) is 29.2 Å². The summed E-state index contributed by atoms with van der Waals surface area (Å²) >= 11 is 1.80. The molecule has 1 aromatic carbocycles. The Bertz CT molecular complexity index is 333. The van der Waals surface area contributed by atoms with E-state index in [1.807, 2.05) is 0 Å². The standard InChI is InChI=1S/C14H21NS/c1-4-11-9-14(11)15-10(2)12-5-7-13(16-3)8-6-12/h5-8,10-11,14-15H,4,9H2,1-3H3. The fourth-order valence-corrected chi connectivity index (χ4v) is 2.62. The maximum absolute atomic E-state index is 3.70. The monoisotopic (exact) mass is 235 g/mol. The van der Waals surface area contributed by atoms with Crippen molar-refractivity contribution in [3.63, 3.8) is 0 Å². The summed E-state index contributed by atoms with van der Waals surface area (Å²) in [5, 5.41) is 3.70. The molecule has 1 nitrogen and oxygen atoms in total. The quantitative estimate of drug-likeness (QED) is 0.778. The van der Waals surface area contributed by atoms with Crippen molar-refractivity contribution in [1.82, 2.24) is 5.32 Å². The first-order valence-corrected chi connectivity index (χ1v) is 7.37. The molecule has 3 unspecified atom stereocenters. The van der Waals surface area contributed by atoms with Crippen molar-refractivity contribution in [1.29, 1.82) is 0 Å². The van der Waals surface area contributed by atoms with Gasteiger partial charge < -0.3 is 5.32 Å². The van der Waals surface area contributed by atoms with E-state index in [1.165, 1.54) is 23.3 Å². The van der Waals surface area contributed by atoms with Gasteiger partial charge in [-0.15, -0.1) is 11.8 Å². The fraction of sp³-hybridized carbons (Fsp3) is 0.571. The van der Waals surface area contributed by atoms with Crippen molar-refractivity contribution in [2.24, 2.45) is 5.92 Å². The third-order valence-electron chi connectivity index (χ3n) is 3.53. The molecule has 0 aromatic heterocycles. The molecule has 1 fully saturated rings. The topological polar surface area (TPSA) is 12.0 Å². The summed E-state index contributed by atoms with van der Waals surface area (Å²) in [5.41, 5.74) is 1.40. The summed E-state index contributed by atoms with van der Waals surface area (Å²) in [5.74, 6) is 0.924. The molecule has 3 atom stereocenters. The summed E-state index contributed by atoms with van der Waals surface area (Å²) in [6.07, 6.45) is 4.80. The predicted molar refractivity (Wildman–Crippen MR) is 72.0 cm³/mol. The second kappa shape index (κ2) is 5.24. The van der Waals surface area contributed by atoms with Crippen LogP contribution in [-0.4, -0.2) is 12.3 Å². The number of benzene rings is 1. The van der Waals surface area contributed by atoms with E-state index < -0.39 is 0 Å². The zero-order chi connectivity index (χ0) is 11.5. The molecule has 1 aromatic rings. The zero-order valence-electron chi connectivity index (χ0n) is 10.4. The molecule has 16 heavy (non-hydrogen) atoms.